The van der Waals surface area contributed by atoms with E-state index >= 15 is 0 Å². The minimum atomic E-state index is -4.61. The van der Waals surface area contributed by atoms with Gasteiger partial charge >= 0.3 is 6.18 Å². The predicted octanol–water partition coefficient (Wildman–Crippen LogP) is 3.82. The van der Waals surface area contributed by atoms with Crippen molar-refractivity contribution in [1.29, 1.82) is 0 Å². The second-order valence-electron chi connectivity index (χ2n) is 6.05. The van der Waals surface area contributed by atoms with E-state index in [1.807, 2.05) is 0 Å². The van der Waals surface area contributed by atoms with Crippen molar-refractivity contribution >= 4 is 23.2 Å². The number of alkyl halides is 3. The minimum Gasteiger partial charge on any atom is -0.454 e. The molecule has 6 nitrogen and oxygen atoms in total. The monoisotopic (exact) mass is 394 g/mol. The Morgan fingerprint density at radius 3 is 2.54 bits per heavy atom. The van der Waals surface area contributed by atoms with Crippen molar-refractivity contribution in [3.63, 3.8) is 0 Å². The molecular formula is C19H17F3N2O4. The lowest BCUT2D eigenvalue weighted by atomic mass is 10.1. The third-order valence-electron chi connectivity index (χ3n) is 4.10. The average molecular weight is 394 g/mol. The minimum absolute atomic E-state index is 0.0961. The van der Waals surface area contributed by atoms with Gasteiger partial charge in [-0.05, 0) is 24.3 Å². The molecule has 0 fully saturated rings. The van der Waals surface area contributed by atoms with Crippen LogP contribution in [-0.4, -0.2) is 25.2 Å². The maximum Gasteiger partial charge on any atom is 0.418 e. The van der Waals surface area contributed by atoms with Crippen LogP contribution in [0.15, 0.2) is 42.5 Å². The SMILES string of the molecule is CC(=O)N(CCC(=O)Nc1ccc2c(c1)OCO2)c1ccccc1C(F)(F)F. The number of para-hydroxylation sites is 1. The van der Waals surface area contributed by atoms with Crippen LogP contribution >= 0.6 is 0 Å². The van der Waals surface area contributed by atoms with E-state index in [1.54, 1.807) is 18.2 Å². The molecule has 0 aromatic heterocycles. The van der Waals surface area contributed by atoms with E-state index in [9.17, 15) is 22.8 Å². The number of carbonyl (C=O) groups is 2. The summed E-state index contributed by atoms with van der Waals surface area (Å²) in [6.07, 6.45) is -4.79. The average Bonchev–Trinajstić information content (AvgIpc) is 3.09. The molecule has 148 valence electrons. The maximum absolute atomic E-state index is 13.2. The smallest absolute Gasteiger partial charge is 0.418 e. The third-order valence-corrected chi connectivity index (χ3v) is 4.10. The van der Waals surface area contributed by atoms with E-state index in [1.165, 1.54) is 18.2 Å². The van der Waals surface area contributed by atoms with Crippen LogP contribution < -0.4 is 19.7 Å². The number of anilines is 2. The van der Waals surface area contributed by atoms with E-state index in [0.29, 0.717) is 17.2 Å². The fraction of sp³-hybridized carbons (Fsp3) is 0.263. The second kappa shape index (κ2) is 7.79. The molecule has 28 heavy (non-hydrogen) atoms. The van der Waals surface area contributed by atoms with Gasteiger partial charge in [0, 0.05) is 31.6 Å². The summed E-state index contributed by atoms with van der Waals surface area (Å²) in [5.74, 6) is 0.00830. The first-order chi connectivity index (χ1) is 13.3. The Morgan fingerprint density at radius 2 is 1.82 bits per heavy atom. The zero-order valence-electron chi connectivity index (χ0n) is 14.9. The summed E-state index contributed by atoms with van der Waals surface area (Å²) >= 11 is 0. The summed E-state index contributed by atoms with van der Waals surface area (Å²) in [5.41, 5.74) is -0.751. The molecule has 0 radical (unpaired) electrons. The fourth-order valence-electron chi connectivity index (χ4n) is 2.81. The highest BCUT2D eigenvalue weighted by molar-refractivity contribution is 5.95. The van der Waals surface area contributed by atoms with Crippen molar-refractivity contribution < 1.29 is 32.2 Å². The third kappa shape index (κ3) is 4.36. The predicted molar refractivity (Wildman–Crippen MR) is 95.3 cm³/mol. The Kier molecular flexibility index (Phi) is 5.43. The molecule has 1 aliphatic rings. The molecule has 0 unspecified atom stereocenters. The van der Waals surface area contributed by atoms with Crippen molar-refractivity contribution in [2.24, 2.45) is 0 Å². The number of amides is 2. The number of nitrogens with zero attached hydrogens (tertiary/aromatic N) is 1. The number of ether oxygens (including phenoxy) is 2. The van der Waals surface area contributed by atoms with Crippen LogP contribution in [0.2, 0.25) is 0 Å². The number of nitrogens with one attached hydrogen (secondary N) is 1. The first-order valence-corrected chi connectivity index (χ1v) is 8.39. The topological polar surface area (TPSA) is 67.9 Å². The molecule has 3 rings (SSSR count). The molecule has 1 heterocycles. The van der Waals surface area contributed by atoms with Crippen molar-refractivity contribution in [3.8, 4) is 11.5 Å². The first-order valence-electron chi connectivity index (χ1n) is 8.39. The number of hydrogen-bond donors (Lipinski definition) is 1. The largest absolute Gasteiger partial charge is 0.454 e. The number of halogens is 3. The zero-order chi connectivity index (χ0) is 20.3. The molecule has 1 N–H and O–H groups in total. The van der Waals surface area contributed by atoms with Gasteiger partial charge in [0.25, 0.3) is 0 Å². The van der Waals surface area contributed by atoms with Crippen LogP contribution in [0.25, 0.3) is 0 Å². The van der Waals surface area contributed by atoms with Crippen molar-refractivity contribution in [1.82, 2.24) is 0 Å². The second-order valence-corrected chi connectivity index (χ2v) is 6.05. The Bertz CT molecular complexity index is 899. The summed E-state index contributed by atoms with van der Waals surface area (Å²) in [4.78, 5) is 25.1. The zero-order valence-corrected chi connectivity index (χ0v) is 14.9. The Hall–Kier alpha value is -3.23. The van der Waals surface area contributed by atoms with Gasteiger partial charge < -0.3 is 19.7 Å². The van der Waals surface area contributed by atoms with Crippen molar-refractivity contribution in [3.05, 3.63) is 48.0 Å². The van der Waals surface area contributed by atoms with Gasteiger partial charge in [-0.1, -0.05) is 12.1 Å². The van der Waals surface area contributed by atoms with E-state index in [2.05, 4.69) is 5.32 Å². The van der Waals surface area contributed by atoms with Gasteiger partial charge in [0.2, 0.25) is 18.6 Å². The summed E-state index contributed by atoms with van der Waals surface area (Å²) in [5, 5.41) is 2.63. The van der Waals surface area contributed by atoms with Gasteiger partial charge in [0.15, 0.2) is 11.5 Å². The molecule has 0 spiro atoms. The quantitative estimate of drug-likeness (QED) is 0.837. The molecule has 2 aromatic carbocycles. The molecular weight excluding hydrogens is 377 g/mol. The maximum atomic E-state index is 13.2. The van der Waals surface area contributed by atoms with Crippen molar-refractivity contribution in [2.45, 2.75) is 19.5 Å². The molecule has 0 aliphatic carbocycles. The Balaban J connectivity index is 1.69. The number of rotatable bonds is 5. The Morgan fingerprint density at radius 1 is 1.11 bits per heavy atom. The standard InChI is InChI=1S/C19H17F3N2O4/c1-12(25)24(15-5-3-2-4-14(15)19(20,21)22)9-8-18(26)23-13-6-7-16-17(10-13)28-11-27-16/h2-7,10H,8-9,11H2,1H3,(H,23,26). The summed E-state index contributed by atoms with van der Waals surface area (Å²) in [6, 6.07) is 9.61. The number of benzene rings is 2. The normalized spacial score (nSPS) is 12.6. The van der Waals surface area contributed by atoms with Crippen LogP contribution in [0, 0.1) is 0 Å². The number of fused-ring (bicyclic) bond motifs is 1. The van der Waals surface area contributed by atoms with Gasteiger partial charge in [0.1, 0.15) is 0 Å². The van der Waals surface area contributed by atoms with E-state index in [4.69, 9.17) is 9.47 Å². The molecule has 0 atom stereocenters. The van der Waals surface area contributed by atoms with Crippen LogP contribution in [0.3, 0.4) is 0 Å². The van der Waals surface area contributed by atoms with E-state index in [0.717, 1.165) is 17.9 Å². The molecule has 0 saturated heterocycles. The van der Waals surface area contributed by atoms with Crippen LogP contribution in [0.1, 0.15) is 18.9 Å². The molecule has 0 saturated carbocycles. The summed E-state index contributed by atoms with van der Waals surface area (Å²) in [6.45, 7) is 1.06. The Labute approximate surface area is 158 Å². The van der Waals surface area contributed by atoms with Gasteiger partial charge in [0.05, 0.1) is 11.3 Å². The molecule has 0 bridgehead atoms. The van der Waals surface area contributed by atoms with Gasteiger partial charge in [-0.25, -0.2) is 0 Å². The molecule has 9 heteroatoms. The van der Waals surface area contributed by atoms with Gasteiger partial charge in [-0.15, -0.1) is 0 Å². The summed E-state index contributed by atoms with van der Waals surface area (Å²) < 4.78 is 50.1. The van der Waals surface area contributed by atoms with Crippen LogP contribution in [-0.2, 0) is 15.8 Å². The fourth-order valence-corrected chi connectivity index (χ4v) is 2.81. The summed E-state index contributed by atoms with van der Waals surface area (Å²) in [7, 11) is 0. The lowest BCUT2D eigenvalue weighted by Crippen LogP contribution is -2.33. The molecule has 2 aromatic rings. The van der Waals surface area contributed by atoms with E-state index in [-0.39, 0.29) is 25.4 Å². The highest BCUT2D eigenvalue weighted by Gasteiger charge is 2.35. The van der Waals surface area contributed by atoms with Crippen molar-refractivity contribution in [2.75, 3.05) is 23.6 Å². The number of carbonyl (C=O) groups excluding carboxylic acids is 2. The lowest BCUT2D eigenvalue weighted by molar-refractivity contribution is -0.137. The molecule has 1 aliphatic heterocycles. The van der Waals surface area contributed by atoms with Gasteiger partial charge in [-0.2, -0.15) is 13.2 Å². The highest BCUT2D eigenvalue weighted by atomic mass is 19.4. The molecule has 2 amide bonds. The first kappa shape index (κ1) is 19.5. The van der Waals surface area contributed by atoms with E-state index < -0.39 is 23.6 Å². The highest BCUT2D eigenvalue weighted by Crippen LogP contribution is 2.37. The lowest BCUT2D eigenvalue weighted by Gasteiger charge is -2.24. The van der Waals surface area contributed by atoms with Gasteiger partial charge in [-0.3, -0.25) is 9.59 Å². The number of hydrogen-bond acceptors (Lipinski definition) is 4. The van der Waals surface area contributed by atoms with Crippen LogP contribution in [0.5, 0.6) is 11.5 Å². The van der Waals surface area contributed by atoms with Crippen LogP contribution in [0.4, 0.5) is 24.5 Å².